The molecule has 2 aromatic rings. The first-order valence-corrected chi connectivity index (χ1v) is 10.8. The number of benzene rings is 1. The Bertz CT molecular complexity index is 717. The van der Waals surface area contributed by atoms with Gasteiger partial charge in [-0.2, -0.15) is 0 Å². The zero-order valence-electron chi connectivity index (χ0n) is 17.1. The molecule has 0 atom stereocenters. The molecule has 2 rings (SSSR count). The first kappa shape index (κ1) is 22.0. The number of urea groups is 1. The summed E-state index contributed by atoms with van der Waals surface area (Å²) in [5, 5.41) is 4.94. The molecule has 3 amide bonds. The summed E-state index contributed by atoms with van der Waals surface area (Å²) in [6.45, 7) is 7.75. The molecule has 152 valence electrons. The van der Waals surface area contributed by atoms with Crippen molar-refractivity contribution in [3.05, 3.63) is 58.3 Å². The van der Waals surface area contributed by atoms with Gasteiger partial charge in [0.25, 0.3) is 0 Å². The molecule has 6 heteroatoms. The quantitative estimate of drug-likeness (QED) is 0.596. The highest BCUT2D eigenvalue weighted by Crippen LogP contribution is 2.15. The summed E-state index contributed by atoms with van der Waals surface area (Å²) in [5.74, 6) is -0.0448. The van der Waals surface area contributed by atoms with Crippen LogP contribution in [-0.4, -0.2) is 40.9 Å². The fourth-order valence-corrected chi connectivity index (χ4v) is 3.55. The van der Waals surface area contributed by atoms with Crippen LogP contribution in [-0.2, 0) is 17.9 Å². The molecule has 1 aromatic carbocycles. The van der Waals surface area contributed by atoms with Crippen LogP contribution < -0.4 is 5.32 Å². The van der Waals surface area contributed by atoms with Crippen LogP contribution in [0.1, 0.15) is 44.1 Å². The van der Waals surface area contributed by atoms with E-state index in [2.05, 4.69) is 12.2 Å². The second-order valence-corrected chi connectivity index (χ2v) is 8.15. The van der Waals surface area contributed by atoms with E-state index in [0.29, 0.717) is 19.6 Å². The normalized spacial score (nSPS) is 10.7. The molecule has 1 heterocycles. The van der Waals surface area contributed by atoms with Crippen molar-refractivity contribution in [3.8, 4) is 0 Å². The molecule has 0 unspecified atom stereocenters. The lowest BCUT2D eigenvalue weighted by Crippen LogP contribution is -2.49. The average Bonchev–Trinajstić information content (AvgIpc) is 3.19. The second-order valence-electron chi connectivity index (χ2n) is 7.12. The van der Waals surface area contributed by atoms with Crippen LogP contribution in [0.15, 0.2) is 47.8 Å². The van der Waals surface area contributed by atoms with E-state index in [1.807, 2.05) is 66.6 Å². The van der Waals surface area contributed by atoms with Crippen molar-refractivity contribution in [1.82, 2.24) is 15.1 Å². The fourth-order valence-electron chi connectivity index (χ4n) is 2.83. The van der Waals surface area contributed by atoms with Gasteiger partial charge in [-0.25, -0.2) is 4.79 Å². The first-order valence-electron chi connectivity index (χ1n) is 9.89. The molecule has 0 fully saturated rings. The van der Waals surface area contributed by atoms with E-state index in [-0.39, 0.29) is 24.5 Å². The zero-order chi connectivity index (χ0) is 20.4. The summed E-state index contributed by atoms with van der Waals surface area (Å²) in [7, 11) is 0. The van der Waals surface area contributed by atoms with Crippen LogP contribution in [0, 0.1) is 0 Å². The van der Waals surface area contributed by atoms with E-state index in [9.17, 15) is 9.59 Å². The fraction of sp³-hybridized carbons (Fsp3) is 0.455. The van der Waals surface area contributed by atoms with E-state index in [1.165, 1.54) is 0 Å². The van der Waals surface area contributed by atoms with Crippen molar-refractivity contribution >= 4 is 23.3 Å². The summed E-state index contributed by atoms with van der Waals surface area (Å²) < 4.78 is 0. The topological polar surface area (TPSA) is 52.7 Å². The Kier molecular flexibility index (Phi) is 9.01. The van der Waals surface area contributed by atoms with Crippen molar-refractivity contribution in [2.24, 2.45) is 0 Å². The molecule has 1 N–H and O–H groups in total. The van der Waals surface area contributed by atoms with Gasteiger partial charge in [0.15, 0.2) is 0 Å². The Morgan fingerprint density at radius 3 is 2.43 bits per heavy atom. The standard InChI is InChI=1S/C22H31N3O2S/c1-4-5-13-23-22(27)25(18(2)3)17-21(26)24(16-20-12-9-14-28-20)15-19-10-7-6-8-11-19/h6-12,14,18H,4-5,13,15-17H2,1-3H3,(H,23,27). The highest BCUT2D eigenvalue weighted by molar-refractivity contribution is 7.09. The van der Waals surface area contributed by atoms with Gasteiger partial charge >= 0.3 is 6.03 Å². The molecule has 0 aliphatic heterocycles. The molecule has 0 spiro atoms. The van der Waals surface area contributed by atoms with E-state index in [4.69, 9.17) is 0 Å². The highest BCUT2D eigenvalue weighted by atomic mass is 32.1. The Hall–Kier alpha value is -2.34. The summed E-state index contributed by atoms with van der Waals surface area (Å²) in [4.78, 5) is 30.2. The summed E-state index contributed by atoms with van der Waals surface area (Å²) in [5.41, 5.74) is 1.08. The van der Waals surface area contributed by atoms with Crippen molar-refractivity contribution in [3.63, 3.8) is 0 Å². The van der Waals surface area contributed by atoms with Gasteiger partial charge in [0, 0.05) is 24.0 Å². The predicted molar refractivity (Wildman–Crippen MR) is 115 cm³/mol. The molecule has 28 heavy (non-hydrogen) atoms. The van der Waals surface area contributed by atoms with Crippen LogP contribution in [0.3, 0.4) is 0 Å². The number of unbranched alkanes of at least 4 members (excludes halogenated alkanes) is 1. The first-order chi connectivity index (χ1) is 13.5. The van der Waals surface area contributed by atoms with Crippen molar-refractivity contribution < 1.29 is 9.59 Å². The van der Waals surface area contributed by atoms with Crippen LogP contribution >= 0.6 is 11.3 Å². The number of nitrogens with one attached hydrogen (secondary N) is 1. The number of hydrogen-bond acceptors (Lipinski definition) is 3. The molecule has 0 radical (unpaired) electrons. The molecule has 0 aliphatic carbocycles. The third-order valence-electron chi connectivity index (χ3n) is 4.49. The monoisotopic (exact) mass is 401 g/mol. The minimum Gasteiger partial charge on any atom is -0.338 e. The lowest BCUT2D eigenvalue weighted by molar-refractivity contribution is -0.133. The molecule has 0 saturated carbocycles. The molecule has 5 nitrogen and oxygen atoms in total. The van der Waals surface area contributed by atoms with E-state index >= 15 is 0 Å². The third kappa shape index (κ3) is 7.00. The number of nitrogens with zero attached hydrogens (tertiary/aromatic N) is 2. The number of amides is 3. The summed E-state index contributed by atoms with van der Waals surface area (Å²) in [6, 6.07) is 13.8. The SMILES string of the molecule is CCCCNC(=O)N(CC(=O)N(Cc1ccccc1)Cc1cccs1)C(C)C. The average molecular weight is 402 g/mol. The van der Waals surface area contributed by atoms with Gasteiger partial charge in [-0.05, 0) is 37.3 Å². The van der Waals surface area contributed by atoms with Crippen molar-refractivity contribution in [1.29, 1.82) is 0 Å². The van der Waals surface area contributed by atoms with Crippen LogP contribution in [0.4, 0.5) is 4.79 Å². The van der Waals surface area contributed by atoms with Crippen LogP contribution in [0.5, 0.6) is 0 Å². The number of thiophene rings is 1. The van der Waals surface area contributed by atoms with Gasteiger partial charge in [0.05, 0.1) is 6.54 Å². The minimum absolute atomic E-state index is 0.0448. The number of carbonyl (C=O) groups is 2. The lowest BCUT2D eigenvalue weighted by atomic mass is 10.2. The third-order valence-corrected chi connectivity index (χ3v) is 5.35. The van der Waals surface area contributed by atoms with E-state index in [0.717, 1.165) is 23.3 Å². The lowest BCUT2D eigenvalue weighted by Gasteiger charge is -2.30. The van der Waals surface area contributed by atoms with Gasteiger partial charge in [-0.15, -0.1) is 11.3 Å². The van der Waals surface area contributed by atoms with Gasteiger partial charge in [-0.3, -0.25) is 4.79 Å². The zero-order valence-corrected chi connectivity index (χ0v) is 17.9. The van der Waals surface area contributed by atoms with Gasteiger partial charge in [0.1, 0.15) is 6.54 Å². The summed E-state index contributed by atoms with van der Waals surface area (Å²) in [6.07, 6.45) is 1.96. The Morgan fingerprint density at radius 2 is 1.82 bits per heavy atom. The smallest absolute Gasteiger partial charge is 0.318 e. The molecule has 0 saturated heterocycles. The highest BCUT2D eigenvalue weighted by Gasteiger charge is 2.23. The number of rotatable bonds is 10. The second kappa shape index (κ2) is 11.5. The Labute approximate surface area is 172 Å². The van der Waals surface area contributed by atoms with Crippen molar-refractivity contribution in [2.45, 2.75) is 52.7 Å². The van der Waals surface area contributed by atoms with E-state index < -0.39 is 0 Å². The summed E-state index contributed by atoms with van der Waals surface area (Å²) >= 11 is 1.64. The number of hydrogen-bond donors (Lipinski definition) is 1. The van der Waals surface area contributed by atoms with E-state index in [1.54, 1.807) is 16.2 Å². The van der Waals surface area contributed by atoms with Gasteiger partial charge in [-0.1, -0.05) is 49.7 Å². The maximum atomic E-state index is 13.1. The van der Waals surface area contributed by atoms with Crippen LogP contribution in [0.25, 0.3) is 0 Å². The predicted octanol–water partition coefficient (Wildman–Crippen LogP) is 4.50. The van der Waals surface area contributed by atoms with Gasteiger partial charge < -0.3 is 15.1 Å². The Balaban J connectivity index is 2.09. The molecule has 0 bridgehead atoms. The largest absolute Gasteiger partial charge is 0.338 e. The maximum Gasteiger partial charge on any atom is 0.318 e. The molecule has 1 aromatic heterocycles. The van der Waals surface area contributed by atoms with Gasteiger partial charge in [0.2, 0.25) is 5.91 Å². The van der Waals surface area contributed by atoms with Crippen LogP contribution in [0.2, 0.25) is 0 Å². The molecular weight excluding hydrogens is 370 g/mol. The Morgan fingerprint density at radius 1 is 1.07 bits per heavy atom. The van der Waals surface area contributed by atoms with Crippen molar-refractivity contribution in [2.75, 3.05) is 13.1 Å². The molecule has 0 aliphatic rings. The molecular formula is C22H31N3O2S. The minimum atomic E-state index is -0.174. The maximum absolute atomic E-state index is 13.1. The number of carbonyl (C=O) groups excluding carboxylic acids is 2.